The summed E-state index contributed by atoms with van der Waals surface area (Å²) in [5, 5.41) is 0. The van der Waals surface area contributed by atoms with Crippen molar-refractivity contribution in [2.45, 2.75) is 63.8 Å². The topological polar surface area (TPSA) is 53.1 Å². The largest absolute Gasteiger partial charge is 0.497 e. The lowest BCUT2D eigenvalue weighted by molar-refractivity contribution is -0.145. The predicted molar refractivity (Wildman–Crippen MR) is 126 cm³/mol. The van der Waals surface area contributed by atoms with Crippen molar-refractivity contribution in [1.29, 1.82) is 0 Å². The summed E-state index contributed by atoms with van der Waals surface area (Å²) < 4.78 is 5.30. The Balaban J connectivity index is 1.34. The first-order chi connectivity index (χ1) is 15.6. The fraction of sp³-hybridized carbons (Fsp3) is 0.692. The summed E-state index contributed by atoms with van der Waals surface area (Å²) >= 11 is 0. The second-order valence-corrected chi connectivity index (χ2v) is 9.70. The van der Waals surface area contributed by atoms with Crippen LogP contribution in [0.4, 0.5) is 0 Å². The van der Waals surface area contributed by atoms with E-state index in [0.29, 0.717) is 18.9 Å². The van der Waals surface area contributed by atoms with Crippen molar-refractivity contribution in [3.8, 4) is 5.75 Å². The number of carbonyl (C=O) groups is 2. The predicted octanol–water partition coefficient (Wildman–Crippen LogP) is 3.34. The molecule has 3 fully saturated rings. The van der Waals surface area contributed by atoms with Crippen LogP contribution < -0.4 is 4.74 Å². The second-order valence-electron chi connectivity index (χ2n) is 9.70. The van der Waals surface area contributed by atoms with Gasteiger partial charge in [-0.05, 0) is 75.7 Å². The minimum Gasteiger partial charge on any atom is -0.497 e. The number of ether oxygens (including phenoxy) is 1. The van der Waals surface area contributed by atoms with Gasteiger partial charge in [-0.25, -0.2) is 0 Å². The molecule has 4 rings (SSSR count). The average molecular weight is 442 g/mol. The van der Waals surface area contributed by atoms with E-state index in [9.17, 15) is 9.59 Å². The van der Waals surface area contributed by atoms with Crippen LogP contribution in [0, 0.1) is 5.92 Å². The molecule has 6 nitrogen and oxygen atoms in total. The van der Waals surface area contributed by atoms with E-state index >= 15 is 0 Å². The average Bonchev–Trinajstić information content (AvgIpc) is 3.30. The number of aryl methyl sites for hydroxylation is 1. The highest BCUT2D eigenvalue weighted by Crippen LogP contribution is 2.30. The van der Waals surface area contributed by atoms with Gasteiger partial charge in [-0.3, -0.25) is 9.59 Å². The highest BCUT2D eigenvalue weighted by atomic mass is 16.5. The number of hydrogen-bond donors (Lipinski definition) is 0. The highest BCUT2D eigenvalue weighted by Gasteiger charge is 2.35. The van der Waals surface area contributed by atoms with E-state index in [4.69, 9.17) is 4.74 Å². The van der Waals surface area contributed by atoms with Crippen molar-refractivity contribution < 1.29 is 14.3 Å². The fourth-order valence-corrected chi connectivity index (χ4v) is 5.29. The van der Waals surface area contributed by atoms with Gasteiger partial charge in [0.1, 0.15) is 5.75 Å². The van der Waals surface area contributed by atoms with Gasteiger partial charge in [0.25, 0.3) is 0 Å². The van der Waals surface area contributed by atoms with Crippen LogP contribution in [0.2, 0.25) is 0 Å². The molecule has 32 heavy (non-hydrogen) atoms. The Hall–Kier alpha value is -2.08. The molecule has 1 aromatic carbocycles. The zero-order valence-corrected chi connectivity index (χ0v) is 19.6. The molecule has 6 heteroatoms. The van der Waals surface area contributed by atoms with Crippen LogP contribution in [0.1, 0.15) is 56.9 Å². The summed E-state index contributed by atoms with van der Waals surface area (Å²) in [5.41, 5.74) is 1.12. The fourth-order valence-electron chi connectivity index (χ4n) is 5.29. The van der Waals surface area contributed by atoms with E-state index < -0.39 is 0 Å². The van der Waals surface area contributed by atoms with Crippen molar-refractivity contribution in [1.82, 2.24) is 14.7 Å². The first kappa shape index (κ1) is 23.1. The third-order valence-electron chi connectivity index (χ3n) is 7.54. The van der Waals surface area contributed by atoms with Gasteiger partial charge in [0.2, 0.25) is 11.8 Å². The maximum Gasteiger partial charge on any atom is 0.226 e. The Morgan fingerprint density at radius 3 is 2.59 bits per heavy atom. The summed E-state index contributed by atoms with van der Waals surface area (Å²) in [4.78, 5) is 32.9. The number of rotatable bonds is 9. The van der Waals surface area contributed by atoms with Gasteiger partial charge in [-0.15, -0.1) is 0 Å². The zero-order chi connectivity index (χ0) is 22.3. The molecule has 1 saturated carbocycles. The van der Waals surface area contributed by atoms with Gasteiger partial charge in [0.15, 0.2) is 0 Å². The minimum absolute atomic E-state index is 0.167. The van der Waals surface area contributed by atoms with Crippen LogP contribution in [0.3, 0.4) is 0 Å². The van der Waals surface area contributed by atoms with E-state index in [1.54, 1.807) is 7.11 Å². The monoisotopic (exact) mass is 441 g/mol. The lowest BCUT2D eigenvalue weighted by Gasteiger charge is -2.42. The normalized spacial score (nSPS) is 21.9. The quantitative estimate of drug-likeness (QED) is 0.590. The first-order valence-electron chi connectivity index (χ1n) is 12.6. The Morgan fingerprint density at radius 1 is 1.06 bits per heavy atom. The Labute approximate surface area is 192 Å². The molecule has 1 atom stereocenters. The molecule has 0 aromatic heterocycles. The third-order valence-corrected chi connectivity index (χ3v) is 7.54. The van der Waals surface area contributed by atoms with Crippen molar-refractivity contribution in [2.75, 3.05) is 46.4 Å². The molecular formula is C26H39N3O3. The number of hydrogen-bond acceptors (Lipinski definition) is 4. The standard InChI is InChI=1S/C26H39N3O3/c1-32-24-11-4-7-21(19-24)12-13-25(30)28-16-6-10-23(20-28)29(26(31)22-8-5-9-22)18-17-27-14-2-3-15-27/h4,7,11,19,22-23H,2-3,5-6,8-10,12-18,20H2,1H3. The zero-order valence-electron chi connectivity index (χ0n) is 19.6. The molecule has 2 amide bonds. The number of likely N-dealkylation sites (tertiary alicyclic amines) is 2. The molecule has 1 aromatic rings. The minimum atomic E-state index is 0.167. The van der Waals surface area contributed by atoms with Crippen LogP contribution in [-0.4, -0.2) is 78.9 Å². The molecule has 1 unspecified atom stereocenters. The van der Waals surface area contributed by atoms with Crippen LogP contribution in [0.5, 0.6) is 5.75 Å². The maximum absolute atomic E-state index is 13.3. The molecular weight excluding hydrogens is 402 g/mol. The molecule has 0 bridgehead atoms. The van der Waals surface area contributed by atoms with Gasteiger partial charge < -0.3 is 19.4 Å². The Morgan fingerprint density at radius 2 is 1.88 bits per heavy atom. The van der Waals surface area contributed by atoms with Gasteiger partial charge in [0, 0.05) is 44.6 Å². The maximum atomic E-state index is 13.3. The summed E-state index contributed by atoms with van der Waals surface area (Å²) in [6.45, 7) is 5.60. The van der Waals surface area contributed by atoms with Crippen LogP contribution in [0.25, 0.3) is 0 Å². The molecule has 2 heterocycles. The van der Waals surface area contributed by atoms with E-state index in [-0.39, 0.29) is 17.9 Å². The number of benzene rings is 1. The van der Waals surface area contributed by atoms with Gasteiger partial charge in [-0.1, -0.05) is 18.6 Å². The summed E-state index contributed by atoms with van der Waals surface area (Å²) in [7, 11) is 1.67. The SMILES string of the molecule is COc1cccc(CCC(=O)N2CCCC(N(CCN3CCCC3)C(=O)C3CCC3)C2)c1. The Kier molecular flexibility index (Phi) is 8.06. The number of nitrogens with zero attached hydrogens (tertiary/aromatic N) is 3. The highest BCUT2D eigenvalue weighted by molar-refractivity contribution is 5.80. The molecule has 1 aliphatic carbocycles. The number of carbonyl (C=O) groups excluding carboxylic acids is 2. The third kappa shape index (κ3) is 5.83. The van der Waals surface area contributed by atoms with E-state index in [1.807, 2.05) is 29.2 Å². The number of amides is 2. The molecule has 0 N–H and O–H groups in total. The van der Waals surface area contributed by atoms with Crippen molar-refractivity contribution in [3.63, 3.8) is 0 Å². The van der Waals surface area contributed by atoms with Crippen molar-refractivity contribution >= 4 is 11.8 Å². The van der Waals surface area contributed by atoms with Gasteiger partial charge in [0.05, 0.1) is 7.11 Å². The second kappa shape index (κ2) is 11.2. The summed E-state index contributed by atoms with van der Waals surface area (Å²) in [6.07, 6.45) is 9.01. The molecule has 3 aliphatic rings. The molecule has 0 spiro atoms. The number of piperidine rings is 1. The van der Waals surface area contributed by atoms with Gasteiger partial charge >= 0.3 is 0 Å². The molecule has 0 radical (unpaired) electrons. The molecule has 2 aliphatic heterocycles. The van der Waals surface area contributed by atoms with Crippen molar-refractivity contribution in [3.05, 3.63) is 29.8 Å². The van der Waals surface area contributed by atoms with E-state index in [1.165, 1.54) is 19.3 Å². The van der Waals surface area contributed by atoms with Gasteiger partial charge in [-0.2, -0.15) is 0 Å². The van der Waals surface area contributed by atoms with E-state index in [2.05, 4.69) is 9.80 Å². The number of methoxy groups -OCH3 is 1. The Bertz CT molecular complexity index is 773. The van der Waals surface area contributed by atoms with Crippen LogP contribution >= 0.6 is 0 Å². The molecule has 2 saturated heterocycles. The summed E-state index contributed by atoms with van der Waals surface area (Å²) in [6, 6.07) is 8.12. The molecule has 176 valence electrons. The lowest BCUT2D eigenvalue weighted by atomic mass is 9.83. The van der Waals surface area contributed by atoms with Crippen LogP contribution in [-0.2, 0) is 16.0 Å². The smallest absolute Gasteiger partial charge is 0.226 e. The summed E-state index contributed by atoms with van der Waals surface area (Å²) in [5.74, 6) is 1.59. The lowest BCUT2D eigenvalue weighted by Crippen LogP contribution is -2.55. The first-order valence-corrected chi connectivity index (χ1v) is 12.6. The van der Waals surface area contributed by atoms with Crippen molar-refractivity contribution in [2.24, 2.45) is 5.92 Å². The van der Waals surface area contributed by atoms with E-state index in [0.717, 1.165) is 76.1 Å². The van der Waals surface area contributed by atoms with Crippen LogP contribution in [0.15, 0.2) is 24.3 Å².